The second kappa shape index (κ2) is 2.29. The molecule has 3 atom stereocenters. The molecule has 2 aliphatic rings. The molecule has 2 aliphatic carbocycles. The molecule has 2 saturated carbocycles. The zero-order valence-corrected chi connectivity index (χ0v) is 8.80. The van der Waals surface area contributed by atoms with Crippen LogP contribution in [0, 0.1) is 16.2 Å². The van der Waals surface area contributed by atoms with Crippen LogP contribution in [0.2, 0.25) is 0 Å². The lowest BCUT2D eigenvalue weighted by Crippen LogP contribution is -2.38. The first-order chi connectivity index (χ1) is 5.90. The standard InChI is InChI=1S/C11H20O2/c1-9(2)10(3)4-5-11(9,7-12)6-8(10)13/h8,12-13H,4-7H2,1-3H3/t8-,10-,11+/m0/s1. The molecule has 76 valence electrons. The van der Waals surface area contributed by atoms with E-state index in [0.717, 1.165) is 19.3 Å². The summed E-state index contributed by atoms with van der Waals surface area (Å²) < 4.78 is 0. The van der Waals surface area contributed by atoms with Gasteiger partial charge in [-0.3, -0.25) is 0 Å². The topological polar surface area (TPSA) is 40.5 Å². The second-order valence-electron chi connectivity index (χ2n) is 5.70. The van der Waals surface area contributed by atoms with Crippen LogP contribution in [-0.2, 0) is 0 Å². The molecule has 0 amide bonds. The summed E-state index contributed by atoms with van der Waals surface area (Å²) in [5.74, 6) is 0. The summed E-state index contributed by atoms with van der Waals surface area (Å²) in [6, 6.07) is 0. The van der Waals surface area contributed by atoms with Gasteiger partial charge in [-0.2, -0.15) is 0 Å². The van der Waals surface area contributed by atoms with E-state index >= 15 is 0 Å². The minimum Gasteiger partial charge on any atom is -0.396 e. The molecular weight excluding hydrogens is 164 g/mol. The van der Waals surface area contributed by atoms with Gasteiger partial charge in [-0.15, -0.1) is 0 Å². The van der Waals surface area contributed by atoms with Gasteiger partial charge in [0.05, 0.1) is 6.10 Å². The van der Waals surface area contributed by atoms with Gasteiger partial charge in [-0.05, 0) is 30.1 Å². The van der Waals surface area contributed by atoms with E-state index in [0.29, 0.717) is 0 Å². The Hall–Kier alpha value is -0.0800. The van der Waals surface area contributed by atoms with Crippen molar-refractivity contribution in [1.29, 1.82) is 0 Å². The summed E-state index contributed by atoms with van der Waals surface area (Å²) in [5, 5.41) is 19.5. The molecule has 0 aromatic heterocycles. The zero-order valence-electron chi connectivity index (χ0n) is 8.80. The molecule has 2 N–H and O–H groups in total. The fourth-order valence-electron chi connectivity index (χ4n) is 3.61. The van der Waals surface area contributed by atoms with E-state index in [1.807, 2.05) is 0 Å². The molecule has 2 rings (SSSR count). The summed E-state index contributed by atoms with van der Waals surface area (Å²) in [6.45, 7) is 6.80. The Bertz CT molecular complexity index is 236. The molecule has 0 unspecified atom stereocenters. The Balaban J connectivity index is 2.46. The SMILES string of the molecule is CC1(C)[C@]2(CO)CC[C@@]1(C)[C@@H](O)C2. The smallest absolute Gasteiger partial charge is 0.0605 e. The summed E-state index contributed by atoms with van der Waals surface area (Å²) in [7, 11) is 0. The highest BCUT2D eigenvalue weighted by Crippen LogP contribution is 2.71. The van der Waals surface area contributed by atoms with Gasteiger partial charge < -0.3 is 10.2 Å². The van der Waals surface area contributed by atoms with Crippen LogP contribution < -0.4 is 0 Å². The summed E-state index contributed by atoms with van der Waals surface area (Å²) >= 11 is 0. The number of aliphatic hydroxyl groups excluding tert-OH is 2. The number of aliphatic hydroxyl groups is 2. The maximum atomic E-state index is 10.00. The lowest BCUT2D eigenvalue weighted by Gasteiger charge is -2.40. The third-order valence-corrected chi connectivity index (χ3v) is 5.50. The van der Waals surface area contributed by atoms with Crippen molar-refractivity contribution in [3.05, 3.63) is 0 Å². The predicted octanol–water partition coefficient (Wildman–Crippen LogP) is 1.56. The third kappa shape index (κ3) is 0.774. The molecule has 0 radical (unpaired) electrons. The van der Waals surface area contributed by atoms with Gasteiger partial charge in [0.1, 0.15) is 0 Å². The van der Waals surface area contributed by atoms with Gasteiger partial charge in [-0.1, -0.05) is 20.8 Å². The van der Waals surface area contributed by atoms with E-state index in [1.54, 1.807) is 0 Å². The number of rotatable bonds is 1. The van der Waals surface area contributed by atoms with Crippen LogP contribution in [0.25, 0.3) is 0 Å². The lowest BCUT2D eigenvalue weighted by atomic mass is 9.65. The van der Waals surface area contributed by atoms with Crippen LogP contribution in [0.4, 0.5) is 0 Å². The molecule has 0 spiro atoms. The molecule has 2 bridgehead atoms. The lowest BCUT2D eigenvalue weighted by molar-refractivity contribution is 0.00712. The average Bonchev–Trinajstić information content (AvgIpc) is 2.34. The van der Waals surface area contributed by atoms with Gasteiger partial charge in [0.15, 0.2) is 0 Å². The highest BCUT2D eigenvalue weighted by atomic mass is 16.3. The van der Waals surface area contributed by atoms with E-state index < -0.39 is 0 Å². The van der Waals surface area contributed by atoms with Crippen LogP contribution >= 0.6 is 0 Å². The second-order valence-corrected chi connectivity index (χ2v) is 5.70. The minimum atomic E-state index is -0.219. The molecule has 2 fully saturated rings. The molecule has 0 aliphatic heterocycles. The summed E-state index contributed by atoms with van der Waals surface area (Å²) in [5.41, 5.74) is 0.0884. The molecular formula is C11H20O2. The van der Waals surface area contributed by atoms with Crippen molar-refractivity contribution in [3.8, 4) is 0 Å². The monoisotopic (exact) mass is 184 g/mol. The Morgan fingerprint density at radius 2 is 1.85 bits per heavy atom. The van der Waals surface area contributed by atoms with Crippen molar-refractivity contribution >= 4 is 0 Å². The van der Waals surface area contributed by atoms with E-state index in [9.17, 15) is 10.2 Å². The van der Waals surface area contributed by atoms with Crippen LogP contribution in [-0.4, -0.2) is 22.9 Å². The van der Waals surface area contributed by atoms with Gasteiger partial charge in [0.25, 0.3) is 0 Å². The quantitative estimate of drug-likeness (QED) is 0.649. The van der Waals surface area contributed by atoms with Crippen LogP contribution in [0.15, 0.2) is 0 Å². The molecule has 0 saturated heterocycles. The maximum Gasteiger partial charge on any atom is 0.0605 e. The van der Waals surface area contributed by atoms with Crippen LogP contribution in [0.1, 0.15) is 40.0 Å². The number of fused-ring (bicyclic) bond motifs is 2. The fourth-order valence-corrected chi connectivity index (χ4v) is 3.61. The van der Waals surface area contributed by atoms with Gasteiger partial charge in [0, 0.05) is 12.0 Å². The van der Waals surface area contributed by atoms with E-state index in [-0.39, 0.29) is 29.0 Å². The van der Waals surface area contributed by atoms with Crippen molar-refractivity contribution in [1.82, 2.24) is 0 Å². The van der Waals surface area contributed by atoms with Crippen molar-refractivity contribution in [2.75, 3.05) is 6.61 Å². The largest absolute Gasteiger partial charge is 0.396 e. The molecule has 2 nitrogen and oxygen atoms in total. The molecule has 13 heavy (non-hydrogen) atoms. The molecule has 0 aromatic carbocycles. The van der Waals surface area contributed by atoms with E-state index in [4.69, 9.17) is 0 Å². The number of hydrogen-bond donors (Lipinski definition) is 2. The molecule has 0 aromatic rings. The highest BCUT2D eigenvalue weighted by molar-refractivity contribution is 5.17. The Labute approximate surface area is 80.0 Å². The predicted molar refractivity (Wildman–Crippen MR) is 51.3 cm³/mol. The normalized spacial score (nSPS) is 52.8. The van der Waals surface area contributed by atoms with E-state index in [2.05, 4.69) is 20.8 Å². The fraction of sp³-hybridized carbons (Fsp3) is 1.00. The summed E-state index contributed by atoms with van der Waals surface area (Å²) in [6.07, 6.45) is 2.70. The Morgan fingerprint density at radius 1 is 1.23 bits per heavy atom. The number of hydrogen-bond acceptors (Lipinski definition) is 2. The van der Waals surface area contributed by atoms with Gasteiger partial charge in [-0.25, -0.2) is 0 Å². The maximum absolute atomic E-state index is 10.00. The van der Waals surface area contributed by atoms with Crippen molar-refractivity contribution in [3.63, 3.8) is 0 Å². The van der Waals surface area contributed by atoms with Crippen molar-refractivity contribution in [2.45, 2.75) is 46.1 Å². The van der Waals surface area contributed by atoms with Crippen molar-refractivity contribution in [2.24, 2.45) is 16.2 Å². The van der Waals surface area contributed by atoms with E-state index in [1.165, 1.54) is 0 Å². The van der Waals surface area contributed by atoms with Gasteiger partial charge >= 0.3 is 0 Å². The first-order valence-electron chi connectivity index (χ1n) is 5.19. The highest BCUT2D eigenvalue weighted by Gasteiger charge is 2.68. The van der Waals surface area contributed by atoms with Crippen LogP contribution in [0.5, 0.6) is 0 Å². The molecule has 2 heteroatoms. The first kappa shape index (κ1) is 9.47. The third-order valence-electron chi connectivity index (χ3n) is 5.50. The van der Waals surface area contributed by atoms with Gasteiger partial charge in [0.2, 0.25) is 0 Å². The summed E-state index contributed by atoms with van der Waals surface area (Å²) in [4.78, 5) is 0. The zero-order chi connectivity index (χ0) is 9.91. The van der Waals surface area contributed by atoms with Crippen LogP contribution in [0.3, 0.4) is 0 Å². The Morgan fingerprint density at radius 3 is 2.08 bits per heavy atom. The van der Waals surface area contributed by atoms with Crippen molar-refractivity contribution < 1.29 is 10.2 Å². The minimum absolute atomic E-state index is 0.0127. The average molecular weight is 184 g/mol. The molecule has 0 heterocycles. The Kier molecular flexibility index (Phi) is 1.67. The first-order valence-corrected chi connectivity index (χ1v) is 5.19.